The number of hydrogen-bond acceptors (Lipinski definition) is 17. The Hall–Kier alpha value is -4.73. The van der Waals surface area contributed by atoms with Crippen LogP contribution >= 0.6 is 7.75 Å². The first-order valence-electron chi connectivity index (χ1n) is 15.5. The van der Waals surface area contributed by atoms with E-state index >= 15 is 0 Å². The fourth-order valence-electron chi connectivity index (χ4n) is 6.19. The lowest BCUT2D eigenvalue weighted by atomic mass is 10.2. The van der Waals surface area contributed by atoms with Gasteiger partial charge in [0.1, 0.15) is 42.6 Å². The molecule has 3 aliphatic rings. The number of nitrogens with zero attached hydrogens (tertiary/aromatic N) is 7. The van der Waals surface area contributed by atoms with E-state index < -0.39 is 56.8 Å². The van der Waals surface area contributed by atoms with Crippen molar-refractivity contribution >= 4 is 41.8 Å². The van der Waals surface area contributed by atoms with Gasteiger partial charge in [0.05, 0.1) is 32.0 Å². The van der Waals surface area contributed by atoms with Crippen molar-refractivity contribution in [2.75, 3.05) is 31.5 Å². The lowest BCUT2D eigenvalue weighted by Crippen LogP contribution is -2.32. The summed E-state index contributed by atoms with van der Waals surface area (Å²) in [5, 5.41) is 24.1. The maximum Gasteiger partial charge on any atom is 0.406 e. The number of aliphatic hydroxyl groups is 2. The van der Waals surface area contributed by atoms with Crippen LogP contribution in [0.25, 0.3) is 22.3 Å². The van der Waals surface area contributed by atoms with Gasteiger partial charge in [0, 0.05) is 24.9 Å². The maximum absolute atomic E-state index is 14.5. The lowest BCUT2D eigenvalue weighted by Gasteiger charge is -2.26. The number of aromatic nitrogens is 8. The predicted octanol–water partition coefficient (Wildman–Crippen LogP) is 0.0805. The first kappa shape index (κ1) is 32.5. The SMILES string of the molecule is Nc1nc2c(ncn2C2CC(O)C(COP(=O)(NCc3cccc4c3OCO4)OC3CC(n4cnc5c(N)ncnc54)OC3CO)O2)c(=O)[nH]1. The van der Waals surface area contributed by atoms with Crippen molar-refractivity contribution in [3.63, 3.8) is 0 Å². The Balaban J connectivity index is 1.02. The molecular weight excluding hydrogens is 681 g/mol. The van der Waals surface area contributed by atoms with Gasteiger partial charge in [0.15, 0.2) is 34.1 Å². The number of anilines is 2. The summed E-state index contributed by atoms with van der Waals surface area (Å²) >= 11 is 0. The van der Waals surface area contributed by atoms with Crippen LogP contribution in [-0.2, 0) is 29.6 Å². The fraction of sp³-hybridized carbons (Fsp3) is 0.429. The minimum atomic E-state index is -4.27. The fourth-order valence-corrected chi connectivity index (χ4v) is 7.70. The molecule has 1 aromatic carbocycles. The number of para-hydroxylation sites is 1. The van der Waals surface area contributed by atoms with Crippen LogP contribution in [0.2, 0.25) is 0 Å². The van der Waals surface area contributed by atoms with E-state index in [1.54, 1.807) is 22.8 Å². The molecule has 0 saturated carbocycles. The summed E-state index contributed by atoms with van der Waals surface area (Å²) < 4.78 is 53.0. The van der Waals surface area contributed by atoms with Crippen LogP contribution in [0, 0.1) is 0 Å². The number of ether oxygens (including phenoxy) is 4. The highest BCUT2D eigenvalue weighted by molar-refractivity contribution is 7.51. The molecule has 2 saturated heterocycles. The third kappa shape index (κ3) is 5.92. The quantitative estimate of drug-likeness (QED) is 0.0988. The Bertz CT molecular complexity index is 2160. The molecule has 50 heavy (non-hydrogen) atoms. The van der Waals surface area contributed by atoms with Gasteiger partial charge in [-0.1, -0.05) is 12.1 Å². The summed E-state index contributed by atoms with van der Waals surface area (Å²) in [7, 11) is -4.27. The normalized spacial score (nSPS) is 25.9. The van der Waals surface area contributed by atoms with Gasteiger partial charge in [0.25, 0.3) is 5.56 Å². The van der Waals surface area contributed by atoms with E-state index in [1.807, 2.05) is 0 Å². The highest BCUT2D eigenvalue weighted by atomic mass is 31.2. The van der Waals surface area contributed by atoms with Crippen molar-refractivity contribution in [3.8, 4) is 11.5 Å². The summed E-state index contributed by atoms with van der Waals surface area (Å²) in [6, 6.07) is 5.28. The molecule has 0 bridgehead atoms. The van der Waals surface area contributed by atoms with Gasteiger partial charge >= 0.3 is 7.75 Å². The molecule has 3 aliphatic heterocycles. The highest BCUT2D eigenvalue weighted by Gasteiger charge is 2.44. The van der Waals surface area contributed by atoms with Crippen LogP contribution in [0.3, 0.4) is 0 Å². The smallest absolute Gasteiger partial charge is 0.406 e. The van der Waals surface area contributed by atoms with Crippen LogP contribution in [0.4, 0.5) is 11.8 Å². The van der Waals surface area contributed by atoms with E-state index in [0.717, 1.165) is 0 Å². The number of nitrogens with two attached hydrogens (primary N) is 2. The van der Waals surface area contributed by atoms with Gasteiger partial charge in [-0.25, -0.2) is 29.6 Å². The standard InChI is InChI=1S/C28H32N11O10P/c29-24-21-25(32-9-31-24)38(10-33-21)20-5-16(17(7-40)47-20)49-50(43,35-6-13-2-1-3-15-23(13)45-12-44-15)46-8-18-14(41)4-19(48-18)39-11-34-22-26(39)36-28(30)37-27(22)42/h1-3,9-11,14,16-20,40-41H,4-8,12H2,(H,35,43)(H2,29,31,32)(H3,30,36,37,42). The average molecular weight is 714 g/mol. The van der Waals surface area contributed by atoms with Crippen molar-refractivity contribution < 1.29 is 42.8 Å². The van der Waals surface area contributed by atoms with Crippen molar-refractivity contribution in [2.45, 2.75) is 56.3 Å². The zero-order valence-electron chi connectivity index (χ0n) is 26.1. The Morgan fingerprint density at radius 3 is 2.64 bits per heavy atom. The van der Waals surface area contributed by atoms with Crippen LogP contribution in [-0.4, -0.2) is 93.7 Å². The average Bonchev–Trinajstić information content (AvgIpc) is 3.93. The molecule has 21 nitrogen and oxygen atoms in total. The summed E-state index contributed by atoms with van der Waals surface area (Å²) in [4.78, 5) is 35.4. The molecule has 7 heterocycles. The largest absolute Gasteiger partial charge is 0.454 e. The maximum atomic E-state index is 14.5. The summed E-state index contributed by atoms with van der Waals surface area (Å²) in [6.07, 6.45) is -1.04. The molecule has 7 atom stereocenters. The van der Waals surface area contributed by atoms with Crippen molar-refractivity contribution in [1.82, 2.24) is 44.1 Å². The Kier molecular flexibility index (Phi) is 8.35. The van der Waals surface area contributed by atoms with Crippen molar-refractivity contribution in [3.05, 3.63) is 53.1 Å². The van der Waals surface area contributed by atoms with Crippen LogP contribution in [0.5, 0.6) is 11.5 Å². The number of fused-ring (bicyclic) bond motifs is 3. The van der Waals surface area contributed by atoms with E-state index in [-0.39, 0.29) is 55.7 Å². The third-order valence-electron chi connectivity index (χ3n) is 8.65. The number of aromatic amines is 1. The van der Waals surface area contributed by atoms with Crippen LogP contribution in [0.15, 0.2) is 42.0 Å². The molecule has 0 radical (unpaired) electrons. The van der Waals surface area contributed by atoms with Gasteiger partial charge < -0.3 is 40.6 Å². The van der Waals surface area contributed by atoms with Gasteiger partial charge in [-0.15, -0.1) is 0 Å². The van der Waals surface area contributed by atoms with E-state index in [2.05, 4.69) is 35.0 Å². The molecule has 7 unspecified atom stereocenters. The Morgan fingerprint density at radius 1 is 1.02 bits per heavy atom. The molecule has 0 spiro atoms. The second-order valence-electron chi connectivity index (χ2n) is 11.8. The monoisotopic (exact) mass is 713 g/mol. The molecule has 0 aliphatic carbocycles. The molecule has 8 N–H and O–H groups in total. The zero-order chi connectivity index (χ0) is 34.6. The van der Waals surface area contributed by atoms with Crippen LogP contribution in [0.1, 0.15) is 30.9 Å². The van der Waals surface area contributed by atoms with Crippen molar-refractivity contribution in [2.24, 2.45) is 0 Å². The van der Waals surface area contributed by atoms with Gasteiger partial charge in [-0.05, 0) is 6.07 Å². The molecule has 4 aromatic heterocycles. The minimum Gasteiger partial charge on any atom is -0.454 e. The molecule has 264 valence electrons. The number of nitrogens with one attached hydrogen (secondary N) is 2. The number of imidazole rings is 2. The molecule has 22 heteroatoms. The molecule has 5 aromatic rings. The Morgan fingerprint density at radius 2 is 1.80 bits per heavy atom. The summed E-state index contributed by atoms with van der Waals surface area (Å²) in [5.41, 5.74) is 12.8. The summed E-state index contributed by atoms with van der Waals surface area (Å²) in [6.45, 7) is -0.822. The first-order valence-corrected chi connectivity index (χ1v) is 17.0. The molecule has 2 fully saturated rings. The molecule has 0 amide bonds. The second-order valence-corrected chi connectivity index (χ2v) is 13.5. The predicted molar refractivity (Wildman–Crippen MR) is 170 cm³/mol. The number of hydrogen-bond donors (Lipinski definition) is 6. The van der Waals surface area contributed by atoms with E-state index in [4.69, 9.17) is 39.5 Å². The minimum absolute atomic E-state index is 0.0215. The Labute approximate surface area is 281 Å². The van der Waals surface area contributed by atoms with Crippen molar-refractivity contribution in [1.29, 1.82) is 0 Å². The van der Waals surface area contributed by atoms with Gasteiger partial charge in [-0.2, -0.15) is 4.98 Å². The molecule has 8 rings (SSSR count). The van der Waals surface area contributed by atoms with E-state index in [1.165, 1.54) is 23.5 Å². The molecular formula is C28H32N11O10P. The third-order valence-corrected chi connectivity index (χ3v) is 10.2. The zero-order valence-corrected chi connectivity index (χ0v) is 27.0. The number of H-pyrrole nitrogens is 1. The number of benzene rings is 1. The summed E-state index contributed by atoms with van der Waals surface area (Å²) in [5.74, 6) is 1.10. The second kappa shape index (κ2) is 12.9. The number of aliphatic hydroxyl groups excluding tert-OH is 2. The number of rotatable bonds is 11. The van der Waals surface area contributed by atoms with Gasteiger partial charge in [-0.3, -0.25) is 28.0 Å². The highest BCUT2D eigenvalue weighted by Crippen LogP contribution is 2.50. The van der Waals surface area contributed by atoms with E-state index in [9.17, 15) is 19.6 Å². The lowest BCUT2D eigenvalue weighted by molar-refractivity contribution is -0.0509. The first-order chi connectivity index (χ1) is 24.2. The van der Waals surface area contributed by atoms with Gasteiger partial charge in [0.2, 0.25) is 12.7 Å². The van der Waals surface area contributed by atoms with E-state index in [0.29, 0.717) is 28.2 Å². The number of nitrogen functional groups attached to an aromatic ring is 2. The topological polar surface area (TPSA) is 284 Å². The van der Waals surface area contributed by atoms with Crippen LogP contribution < -0.4 is 31.6 Å².